The molecule has 0 aliphatic carbocycles. The topological polar surface area (TPSA) is 36.4 Å². The van der Waals surface area contributed by atoms with E-state index in [4.69, 9.17) is 4.98 Å². The Morgan fingerprint density at radius 2 is 1.78 bits per heavy atom. The summed E-state index contributed by atoms with van der Waals surface area (Å²) in [7, 11) is 4.07. The van der Waals surface area contributed by atoms with E-state index >= 15 is 0 Å². The van der Waals surface area contributed by atoms with Gasteiger partial charge in [0, 0.05) is 30.6 Å². The van der Waals surface area contributed by atoms with Crippen LogP contribution in [0.5, 0.6) is 0 Å². The first kappa shape index (κ1) is 22.2. The zero-order chi connectivity index (χ0) is 22.7. The molecular formula is C27H29N3OS. The van der Waals surface area contributed by atoms with Crippen molar-refractivity contribution >= 4 is 28.1 Å². The number of aryl methyl sites for hydroxylation is 2. The van der Waals surface area contributed by atoms with Crippen molar-refractivity contribution in [1.29, 1.82) is 0 Å². The van der Waals surface area contributed by atoms with Crippen molar-refractivity contribution < 1.29 is 4.79 Å². The monoisotopic (exact) mass is 443 g/mol. The van der Waals surface area contributed by atoms with Gasteiger partial charge in [-0.1, -0.05) is 48.0 Å². The second-order valence-corrected chi connectivity index (χ2v) is 9.47. The molecule has 0 atom stereocenters. The maximum atomic E-state index is 13.3. The molecule has 0 fully saturated rings. The molecule has 0 aliphatic rings. The highest BCUT2D eigenvalue weighted by molar-refractivity contribution is 7.12. The van der Waals surface area contributed by atoms with Crippen molar-refractivity contribution in [1.82, 2.24) is 14.8 Å². The van der Waals surface area contributed by atoms with E-state index in [1.165, 1.54) is 16.9 Å². The lowest BCUT2D eigenvalue weighted by atomic mass is 10.00. The minimum absolute atomic E-state index is 0.0707. The number of benzene rings is 2. The number of para-hydroxylation sites is 1. The van der Waals surface area contributed by atoms with Crippen LogP contribution in [-0.4, -0.2) is 47.9 Å². The summed E-state index contributed by atoms with van der Waals surface area (Å²) in [6.45, 7) is 6.17. The number of aromatic nitrogens is 1. The van der Waals surface area contributed by atoms with Gasteiger partial charge in [-0.3, -0.25) is 4.79 Å². The van der Waals surface area contributed by atoms with Gasteiger partial charge in [-0.15, -0.1) is 11.3 Å². The van der Waals surface area contributed by atoms with Gasteiger partial charge >= 0.3 is 0 Å². The molecule has 2 aromatic carbocycles. The molecule has 32 heavy (non-hydrogen) atoms. The van der Waals surface area contributed by atoms with E-state index in [1.54, 1.807) is 0 Å². The SMILES string of the molecule is Cc1cccc(-c2nc3c(C)cccc3cc2CN(CCN(C)C)C(=O)c2cccs2)c1. The highest BCUT2D eigenvalue weighted by Crippen LogP contribution is 2.29. The van der Waals surface area contributed by atoms with Crippen LogP contribution >= 0.6 is 11.3 Å². The summed E-state index contributed by atoms with van der Waals surface area (Å²) in [5.74, 6) is 0.0707. The van der Waals surface area contributed by atoms with E-state index in [1.807, 2.05) is 36.5 Å². The summed E-state index contributed by atoms with van der Waals surface area (Å²) in [6.07, 6.45) is 0. The fourth-order valence-electron chi connectivity index (χ4n) is 3.89. The minimum Gasteiger partial charge on any atom is -0.332 e. The van der Waals surface area contributed by atoms with Gasteiger partial charge in [0.25, 0.3) is 5.91 Å². The van der Waals surface area contributed by atoms with E-state index < -0.39 is 0 Å². The van der Waals surface area contributed by atoms with Gasteiger partial charge in [0.05, 0.1) is 16.1 Å². The van der Waals surface area contributed by atoms with Gasteiger partial charge in [-0.25, -0.2) is 4.98 Å². The number of pyridine rings is 1. The number of nitrogens with zero attached hydrogens (tertiary/aromatic N) is 3. The van der Waals surface area contributed by atoms with Crippen LogP contribution in [0.3, 0.4) is 0 Å². The molecule has 4 aromatic rings. The van der Waals surface area contributed by atoms with E-state index in [0.29, 0.717) is 13.1 Å². The molecule has 0 unspecified atom stereocenters. The third-order valence-corrected chi connectivity index (χ3v) is 6.47. The molecule has 0 saturated heterocycles. The molecule has 0 spiro atoms. The van der Waals surface area contributed by atoms with Crippen LogP contribution in [-0.2, 0) is 6.54 Å². The van der Waals surface area contributed by atoms with Gasteiger partial charge in [-0.05, 0) is 62.6 Å². The number of fused-ring (bicyclic) bond motifs is 1. The molecule has 4 nitrogen and oxygen atoms in total. The zero-order valence-electron chi connectivity index (χ0n) is 19.1. The summed E-state index contributed by atoms with van der Waals surface area (Å²) in [4.78, 5) is 23.3. The highest BCUT2D eigenvalue weighted by Gasteiger charge is 2.20. The Kier molecular flexibility index (Phi) is 6.68. The molecule has 2 aromatic heterocycles. The van der Waals surface area contributed by atoms with E-state index in [9.17, 15) is 4.79 Å². The lowest BCUT2D eigenvalue weighted by Gasteiger charge is -2.25. The summed E-state index contributed by atoms with van der Waals surface area (Å²) < 4.78 is 0. The van der Waals surface area contributed by atoms with Crippen molar-refractivity contribution in [2.24, 2.45) is 0 Å². The number of likely N-dealkylation sites (N-methyl/N-ethyl adjacent to an activating group) is 1. The Morgan fingerprint density at radius 1 is 0.969 bits per heavy atom. The third-order valence-electron chi connectivity index (χ3n) is 5.62. The minimum atomic E-state index is 0.0707. The average Bonchev–Trinajstić information content (AvgIpc) is 3.31. The van der Waals surface area contributed by atoms with Crippen LogP contribution in [0.1, 0.15) is 26.4 Å². The van der Waals surface area contributed by atoms with E-state index in [2.05, 4.69) is 67.3 Å². The number of thiophene rings is 1. The first-order chi connectivity index (χ1) is 15.4. The second kappa shape index (κ2) is 9.63. The molecule has 0 saturated carbocycles. The van der Waals surface area contributed by atoms with Crippen LogP contribution in [0.15, 0.2) is 66.0 Å². The summed E-state index contributed by atoms with van der Waals surface area (Å²) in [5.41, 5.74) is 6.46. The zero-order valence-corrected chi connectivity index (χ0v) is 19.9. The molecule has 164 valence electrons. The molecular weight excluding hydrogens is 414 g/mol. The maximum absolute atomic E-state index is 13.3. The lowest BCUT2D eigenvalue weighted by Crippen LogP contribution is -2.36. The molecule has 0 N–H and O–H groups in total. The molecule has 1 amide bonds. The molecule has 4 rings (SSSR count). The Balaban J connectivity index is 1.81. The van der Waals surface area contributed by atoms with E-state index in [0.717, 1.165) is 44.7 Å². The molecule has 2 heterocycles. The van der Waals surface area contributed by atoms with Gasteiger partial charge in [0.15, 0.2) is 0 Å². The number of hydrogen-bond acceptors (Lipinski definition) is 4. The van der Waals surface area contributed by atoms with Crippen molar-refractivity contribution in [3.63, 3.8) is 0 Å². The number of hydrogen-bond donors (Lipinski definition) is 0. The normalized spacial score (nSPS) is 11.3. The van der Waals surface area contributed by atoms with Gasteiger partial charge in [0.1, 0.15) is 0 Å². The standard InChI is InChI=1S/C27H29N3OS/c1-19-8-5-10-21(16-19)26-23(17-22-11-6-9-20(2)25(22)28-26)18-30(14-13-29(3)4)27(31)24-12-7-15-32-24/h5-12,15-17H,13-14,18H2,1-4H3. The van der Waals surface area contributed by atoms with Crippen LogP contribution in [0.4, 0.5) is 0 Å². The fourth-order valence-corrected chi connectivity index (χ4v) is 4.58. The summed E-state index contributed by atoms with van der Waals surface area (Å²) >= 11 is 1.49. The van der Waals surface area contributed by atoms with Gasteiger partial charge in [0.2, 0.25) is 0 Å². The van der Waals surface area contributed by atoms with Crippen LogP contribution in [0.25, 0.3) is 22.2 Å². The first-order valence-corrected chi connectivity index (χ1v) is 11.7. The number of amides is 1. The number of carbonyl (C=O) groups is 1. The van der Waals surface area contributed by atoms with Gasteiger partial charge < -0.3 is 9.80 Å². The Labute approximate surface area is 194 Å². The lowest BCUT2D eigenvalue weighted by molar-refractivity contribution is 0.0737. The molecule has 0 aliphatic heterocycles. The van der Waals surface area contributed by atoms with Gasteiger partial charge in [-0.2, -0.15) is 0 Å². The predicted molar refractivity (Wildman–Crippen MR) is 134 cm³/mol. The van der Waals surface area contributed by atoms with Crippen molar-refractivity contribution in [2.45, 2.75) is 20.4 Å². The fraction of sp³-hybridized carbons (Fsp3) is 0.259. The number of rotatable bonds is 7. The van der Waals surface area contributed by atoms with E-state index in [-0.39, 0.29) is 5.91 Å². The highest BCUT2D eigenvalue weighted by atomic mass is 32.1. The quantitative estimate of drug-likeness (QED) is 0.363. The average molecular weight is 444 g/mol. The summed E-state index contributed by atoms with van der Waals surface area (Å²) in [6, 6.07) is 20.7. The predicted octanol–water partition coefficient (Wildman–Crippen LogP) is 5.78. The smallest absolute Gasteiger partial charge is 0.264 e. The van der Waals surface area contributed by atoms with Crippen molar-refractivity contribution in [3.05, 3.63) is 87.6 Å². The van der Waals surface area contributed by atoms with Crippen LogP contribution < -0.4 is 0 Å². The van der Waals surface area contributed by atoms with Crippen LogP contribution in [0.2, 0.25) is 0 Å². The summed E-state index contributed by atoms with van der Waals surface area (Å²) in [5, 5.41) is 3.06. The second-order valence-electron chi connectivity index (χ2n) is 8.52. The Hall–Kier alpha value is -3.02. The Morgan fingerprint density at radius 3 is 2.50 bits per heavy atom. The molecule has 5 heteroatoms. The largest absolute Gasteiger partial charge is 0.332 e. The van der Waals surface area contributed by atoms with Crippen molar-refractivity contribution in [2.75, 3.05) is 27.2 Å². The third kappa shape index (κ3) is 4.90. The number of carbonyl (C=O) groups excluding carboxylic acids is 1. The van der Waals surface area contributed by atoms with Crippen molar-refractivity contribution in [3.8, 4) is 11.3 Å². The maximum Gasteiger partial charge on any atom is 0.264 e. The molecule has 0 bridgehead atoms. The molecule has 0 radical (unpaired) electrons. The Bertz CT molecular complexity index is 1230. The van der Waals surface area contributed by atoms with Crippen LogP contribution in [0, 0.1) is 13.8 Å². The first-order valence-electron chi connectivity index (χ1n) is 10.9.